The summed E-state index contributed by atoms with van der Waals surface area (Å²) in [5.74, 6) is -0.174. The lowest BCUT2D eigenvalue weighted by Gasteiger charge is -1.96. The van der Waals surface area contributed by atoms with E-state index in [0.717, 1.165) is 12.0 Å². The second-order valence-corrected chi connectivity index (χ2v) is 4.01. The van der Waals surface area contributed by atoms with Gasteiger partial charge in [0.1, 0.15) is 0 Å². The van der Waals surface area contributed by atoms with E-state index in [1.165, 1.54) is 7.11 Å². The molecule has 0 heterocycles. The van der Waals surface area contributed by atoms with Crippen molar-refractivity contribution in [1.82, 2.24) is 0 Å². The molecule has 0 unspecified atom stereocenters. The molecule has 0 bridgehead atoms. The molecule has 0 fully saturated rings. The fourth-order valence-electron chi connectivity index (χ4n) is 1.71. The summed E-state index contributed by atoms with van der Waals surface area (Å²) in [6.07, 6.45) is 7.56. The van der Waals surface area contributed by atoms with Crippen LogP contribution in [0, 0.1) is 0 Å². The largest absolute Gasteiger partial charge is 0.469 e. The smallest absolute Gasteiger partial charge is 0.305 e. The van der Waals surface area contributed by atoms with Gasteiger partial charge in [-0.05, 0) is 30.9 Å². The molecule has 94 valence electrons. The van der Waals surface area contributed by atoms with Crippen LogP contribution in [-0.4, -0.2) is 30.1 Å². The molecule has 17 heavy (non-hydrogen) atoms. The van der Waals surface area contributed by atoms with Gasteiger partial charge in [0.2, 0.25) is 0 Å². The Morgan fingerprint density at radius 3 is 2.82 bits per heavy atom. The highest BCUT2D eigenvalue weighted by atomic mass is 16.5. The van der Waals surface area contributed by atoms with Crippen LogP contribution in [0.1, 0.15) is 32.1 Å². The Hall–Kier alpha value is -1.42. The van der Waals surface area contributed by atoms with Gasteiger partial charge in [-0.3, -0.25) is 9.59 Å². The average Bonchev–Trinajstić information content (AvgIpc) is 2.62. The lowest BCUT2D eigenvalue weighted by atomic mass is 10.1. The number of ether oxygens (including phenoxy) is 1. The first-order valence-electron chi connectivity index (χ1n) is 5.77. The number of allylic oxidation sites excluding steroid dienone is 3. The van der Waals surface area contributed by atoms with Crippen LogP contribution in [0.25, 0.3) is 0 Å². The molecule has 0 saturated carbocycles. The van der Waals surface area contributed by atoms with Gasteiger partial charge in [0, 0.05) is 12.8 Å². The second-order valence-electron chi connectivity index (χ2n) is 4.01. The number of carbonyl (C=O) groups is 2. The van der Waals surface area contributed by atoms with E-state index in [1.54, 1.807) is 6.08 Å². The highest BCUT2D eigenvalue weighted by Gasteiger charge is 2.20. The molecule has 1 atom stereocenters. The van der Waals surface area contributed by atoms with E-state index in [2.05, 4.69) is 4.74 Å². The lowest BCUT2D eigenvalue weighted by molar-refractivity contribution is -0.140. The van der Waals surface area contributed by atoms with Crippen molar-refractivity contribution in [1.29, 1.82) is 0 Å². The lowest BCUT2D eigenvalue weighted by Crippen LogP contribution is -2.01. The first kappa shape index (κ1) is 13.6. The van der Waals surface area contributed by atoms with E-state index in [0.29, 0.717) is 19.3 Å². The Labute approximate surface area is 101 Å². The van der Waals surface area contributed by atoms with Crippen molar-refractivity contribution in [2.24, 2.45) is 0 Å². The molecule has 4 nitrogen and oxygen atoms in total. The van der Waals surface area contributed by atoms with Crippen LogP contribution in [0.15, 0.2) is 23.8 Å². The summed E-state index contributed by atoms with van der Waals surface area (Å²) < 4.78 is 4.51. The SMILES string of the molecule is COC(=O)CC/C=C/CCC1=C[C@@H](O)CC1=O. The summed E-state index contributed by atoms with van der Waals surface area (Å²) >= 11 is 0. The van der Waals surface area contributed by atoms with Crippen molar-refractivity contribution in [2.45, 2.75) is 38.2 Å². The summed E-state index contributed by atoms with van der Waals surface area (Å²) in [7, 11) is 1.37. The maximum Gasteiger partial charge on any atom is 0.305 e. The number of ketones is 1. The highest BCUT2D eigenvalue weighted by molar-refractivity contribution is 5.98. The molecule has 0 amide bonds. The standard InChI is InChI=1S/C13H18O4/c1-17-13(16)7-5-3-2-4-6-10-8-11(14)9-12(10)15/h2-3,8,11,14H,4-7,9H2,1H3/b3-2+/t11-/m1/s1. The average molecular weight is 238 g/mol. The van der Waals surface area contributed by atoms with Crippen molar-refractivity contribution >= 4 is 11.8 Å². The molecule has 1 N–H and O–H groups in total. The number of hydrogen-bond acceptors (Lipinski definition) is 4. The first-order chi connectivity index (χ1) is 8.13. The molecule has 0 aliphatic heterocycles. The summed E-state index contributed by atoms with van der Waals surface area (Å²) in [5.41, 5.74) is 0.718. The third-order valence-electron chi connectivity index (χ3n) is 2.64. The van der Waals surface area contributed by atoms with Crippen LogP contribution in [0.4, 0.5) is 0 Å². The van der Waals surface area contributed by atoms with Gasteiger partial charge in [-0.1, -0.05) is 12.2 Å². The van der Waals surface area contributed by atoms with Crippen LogP contribution in [-0.2, 0) is 14.3 Å². The van der Waals surface area contributed by atoms with Crippen LogP contribution in [0.5, 0.6) is 0 Å². The zero-order valence-electron chi connectivity index (χ0n) is 10.0. The van der Waals surface area contributed by atoms with Gasteiger partial charge >= 0.3 is 5.97 Å². The van der Waals surface area contributed by atoms with E-state index in [9.17, 15) is 14.7 Å². The molecule has 1 rings (SSSR count). The fourth-order valence-corrected chi connectivity index (χ4v) is 1.71. The normalized spacial score (nSPS) is 19.8. The van der Waals surface area contributed by atoms with Crippen molar-refractivity contribution < 1.29 is 19.4 Å². The van der Waals surface area contributed by atoms with E-state index in [-0.39, 0.29) is 18.2 Å². The monoisotopic (exact) mass is 238 g/mol. The quantitative estimate of drug-likeness (QED) is 0.563. The number of aliphatic hydroxyl groups excluding tert-OH is 1. The Kier molecular flexibility index (Phi) is 5.63. The second kappa shape index (κ2) is 7.01. The van der Waals surface area contributed by atoms with Crippen LogP contribution in [0.2, 0.25) is 0 Å². The predicted octanol–water partition coefficient (Wildman–Crippen LogP) is 1.54. The van der Waals surface area contributed by atoms with Crippen molar-refractivity contribution in [3.8, 4) is 0 Å². The Morgan fingerprint density at radius 2 is 2.24 bits per heavy atom. The molecule has 0 radical (unpaired) electrons. The van der Waals surface area contributed by atoms with Gasteiger partial charge in [0.05, 0.1) is 13.2 Å². The molecule has 0 aromatic rings. The summed E-state index contributed by atoms with van der Waals surface area (Å²) in [4.78, 5) is 22.1. The third-order valence-corrected chi connectivity index (χ3v) is 2.64. The molecular weight excluding hydrogens is 220 g/mol. The van der Waals surface area contributed by atoms with Gasteiger partial charge in [0.15, 0.2) is 5.78 Å². The number of methoxy groups -OCH3 is 1. The number of aliphatic hydroxyl groups is 1. The number of rotatable bonds is 6. The molecular formula is C13H18O4. The molecule has 0 aromatic heterocycles. The van der Waals surface area contributed by atoms with Gasteiger partial charge in [0.25, 0.3) is 0 Å². The number of Topliss-reactive ketones (excluding diaryl/α,β-unsaturated/α-hetero) is 1. The van der Waals surface area contributed by atoms with Crippen molar-refractivity contribution in [3.05, 3.63) is 23.8 Å². The Bertz CT molecular complexity index is 341. The van der Waals surface area contributed by atoms with Gasteiger partial charge in [-0.25, -0.2) is 0 Å². The zero-order chi connectivity index (χ0) is 12.7. The Morgan fingerprint density at radius 1 is 1.53 bits per heavy atom. The van der Waals surface area contributed by atoms with Gasteiger partial charge < -0.3 is 9.84 Å². The molecule has 0 saturated heterocycles. The van der Waals surface area contributed by atoms with E-state index in [4.69, 9.17) is 0 Å². The zero-order valence-corrected chi connectivity index (χ0v) is 10.0. The minimum absolute atomic E-state index is 0.0421. The molecule has 1 aliphatic carbocycles. The Balaban J connectivity index is 2.15. The molecule has 0 aromatic carbocycles. The van der Waals surface area contributed by atoms with Crippen LogP contribution in [0.3, 0.4) is 0 Å². The predicted molar refractivity (Wildman–Crippen MR) is 63.3 cm³/mol. The van der Waals surface area contributed by atoms with Crippen LogP contribution < -0.4 is 0 Å². The van der Waals surface area contributed by atoms with Crippen LogP contribution >= 0.6 is 0 Å². The summed E-state index contributed by atoms with van der Waals surface area (Å²) in [6.45, 7) is 0. The summed E-state index contributed by atoms with van der Waals surface area (Å²) in [5, 5.41) is 9.23. The van der Waals surface area contributed by atoms with Gasteiger partial charge in [-0.2, -0.15) is 0 Å². The molecule has 1 aliphatic rings. The number of carbonyl (C=O) groups excluding carboxylic acids is 2. The van der Waals surface area contributed by atoms with Crippen molar-refractivity contribution in [3.63, 3.8) is 0 Å². The molecule has 0 spiro atoms. The maximum absolute atomic E-state index is 11.3. The van der Waals surface area contributed by atoms with E-state index in [1.807, 2.05) is 12.2 Å². The van der Waals surface area contributed by atoms with E-state index >= 15 is 0 Å². The third kappa shape index (κ3) is 4.95. The summed E-state index contributed by atoms with van der Waals surface area (Å²) in [6, 6.07) is 0. The van der Waals surface area contributed by atoms with E-state index < -0.39 is 6.10 Å². The fraction of sp³-hybridized carbons (Fsp3) is 0.538. The van der Waals surface area contributed by atoms with Gasteiger partial charge in [-0.15, -0.1) is 0 Å². The topological polar surface area (TPSA) is 63.6 Å². The van der Waals surface area contributed by atoms with Crippen molar-refractivity contribution in [2.75, 3.05) is 7.11 Å². The minimum atomic E-state index is -0.596. The highest BCUT2D eigenvalue weighted by Crippen LogP contribution is 2.19. The first-order valence-corrected chi connectivity index (χ1v) is 5.77. The number of esters is 1. The molecule has 4 heteroatoms. The minimum Gasteiger partial charge on any atom is -0.469 e. The number of hydrogen-bond donors (Lipinski definition) is 1. The maximum atomic E-state index is 11.3.